The topological polar surface area (TPSA) is 72.8 Å². The van der Waals surface area contributed by atoms with Crippen LogP contribution in [-0.4, -0.2) is 36.4 Å². The fourth-order valence-electron chi connectivity index (χ4n) is 8.67. The van der Waals surface area contributed by atoms with E-state index in [0.29, 0.717) is 12.8 Å². The molecule has 0 heterocycles. The third kappa shape index (κ3) is 52.9. The number of carbonyl (C=O) groups excluding carboxylic acids is 2. The lowest BCUT2D eigenvalue weighted by Crippen LogP contribution is -2.28. The smallest absolute Gasteiger partial charge is 0.306 e. The van der Waals surface area contributed by atoms with Crippen molar-refractivity contribution in [2.75, 3.05) is 13.2 Å². The molecule has 0 aromatic rings. The van der Waals surface area contributed by atoms with Crippen molar-refractivity contribution in [2.45, 2.75) is 322 Å². The minimum Gasteiger partial charge on any atom is -0.462 e. The van der Waals surface area contributed by atoms with Gasteiger partial charge in [-0.1, -0.05) is 263 Å². The number of allylic oxidation sites excluding steroid dienone is 4. The number of rotatable bonds is 53. The molecule has 0 spiro atoms. The highest BCUT2D eigenvalue weighted by molar-refractivity contribution is 5.70. The number of carbonyl (C=O) groups is 2. The molecule has 0 radical (unpaired) electrons. The molecular formula is C58H110O5. The van der Waals surface area contributed by atoms with Gasteiger partial charge in [-0.05, 0) is 64.2 Å². The first-order chi connectivity index (χ1) is 31.1. The van der Waals surface area contributed by atoms with Crippen molar-refractivity contribution in [3.05, 3.63) is 24.3 Å². The minimum absolute atomic E-state index is 0.0648. The fourth-order valence-corrected chi connectivity index (χ4v) is 8.67. The summed E-state index contributed by atoms with van der Waals surface area (Å²) in [7, 11) is 0. The van der Waals surface area contributed by atoms with Gasteiger partial charge in [0, 0.05) is 12.8 Å². The summed E-state index contributed by atoms with van der Waals surface area (Å²) in [6.07, 6.45) is 68.8. The monoisotopic (exact) mass is 887 g/mol. The Balaban J connectivity index is 3.40. The van der Waals surface area contributed by atoms with E-state index in [1.54, 1.807) is 0 Å². The predicted octanol–water partition coefficient (Wildman–Crippen LogP) is 18.9. The number of aliphatic hydroxyl groups excluding tert-OH is 1. The molecule has 0 aliphatic rings. The highest BCUT2D eigenvalue weighted by atomic mass is 16.6. The van der Waals surface area contributed by atoms with E-state index in [4.69, 9.17) is 9.47 Å². The molecule has 0 aromatic heterocycles. The van der Waals surface area contributed by atoms with Crippen molar-refractivity contribution in [2.24, 2.45) is 0 Å². The lowest BCUT2D eigenvalue weighted by Gasteiger charge is -2.15. The maximum absolute atomic E-state index is 12.3. The summed E-state index contributed by atoms with van der Waals surface area (Å²) in [5.41, 5.74) is 0. The highest BCUT2D eigenvalue weighted by Gasteiger charge is 2.16. The van der Waals surface area contributed by atoms with Gasteiger partial charge < -0.3 is 14.6 Å². The van der Waals surface area contributed by atoms with Crippen molar-refractivity contribution in [1.82, 2.24) is 0 Å². The Morgan fingerprint density at radius 1 is 0.349 bits per heavy atom. The molecule has 0 fully saturated rings. The lowest BCUT2D eigenvalue weighted by atomic mass is 10.0. The van der Waals surface area contributed by atoms with Crippen molar-refractivity contribution >= 4 is 11.9 Å². The van der Waals surface area contributed by atoms with E-state index >= 15 is 0 Å². The summed E-state index contributed by atoms with van der Waals surface area (Å²) < 4.78 is 10.7. The van der Waals surface area contributed by atoms with Gasteiger partial charge in [0.25, 0.3) is 0 Å². The maximum Gasteiger partial charge on any atom is 0.306 e. The number of esters is 2. The van der Waals surface area contributed by atoms with Crippen LogP contribution in [0.15, 0.2) is 24.3 Å². The molecule has 0 aliphatic heterocycles. The van der Waals surface area contributed by atoms with Crippen LogP contribution in [0.25, 0.3) is 0 Å². The van der Waals surface area contributed by atoms with Gasteiger partial charge in [-0.15, -0.1) is 0 Å². The van der Waals surface area contributed by atoms with Crippen LogP contribution in [0.3, 0.4) is 0 Å². The van der Waals surface area contributed by atoms with Gasteiger partial charge in [0.1, 0.15) is 6.61 Å². The van der Waals surface area contributed by atoms with Gasteiger partial charge in [-0.25, -0.2) is 0 Å². The van der Waals surface area contributed by atoms with Crippen LogP contribution in [0.5, 0.6) is 0 Å². The minimum atomic E-state index is -0.771. The molecule has 0 saturated carbocycles. The van der Waals surface area contributed by atoms with E-state index in [2.05, 4.69) is 38.2 Å². The van der Waals surface area contributed by atoms with E-state index in [1.165, 1.54) is 244 Å². The molecular weight excluding hydrogens is 777 g/mol. The van der Waals surface area contributed by atoms with Crippen LogP contribution in [0.4, 0.5) is 0 Å². The first kappa shape index (κ1) is 61.4. The van der Waals surface area contributed by atoms with Gasteiger partial charge in [-0.2, -0.15) is 0 Å². The largest absolute Gasteiger partial charge is 0.462 e. The van der Waals surface area contributed by atoms with Crippen LogP contribution in [-0.2, 0) is 19.1 Å². The molecule has 1 N–H and O–H groups in total. The standard InChI is InChI=1S/C58H110O5/c1-3-5-7-9-11-13-15-17-19-21-22-23-24-25-26-27-28-29-30-31-32-33-34-35-36-37-39-41-43-45-47-49-51-53-58(61)63-56(54-59)55-62-57(60)52-50-48-46-44-42-40-38-20-18-16-14-12-10-8-6-4-2/h20-22,38,56,59H,3-19,23-37,39-55H2,1-2H3/b22-21-,38-20-. The van der Waals surface area contributed by atoms with E-state index in [-0.39, 0.29) is 25.2 Å². The second kappa shape index (κ2) is 54.7. The average Bonchev–Trinajstić information content (AvgIpc) is 3.29. The molecule has 372 valence electrons. The molecule has 0 aliphatic carbocycles. The third-order valence-corrected chi connectivity index (χ3v) is 13.0. The number of hydrogen-bond acceptors (Lipinski definition) is 5. The first-order valence-corrected chi connectivity index (χ1v) is 28.4. The van der Waals surface area contributed by atoms with Crippen molar-refractivity contribution < 1.29 is 24.2 Å². The molecule has 1 atom stereocenters. The highest BCUT2D eigenvalue weighted by Crippen LogP contribution is 2.17. The predicted molar refractivity (Wildman–Crippen MR) is 275 cm³/mol. The molecule has 0 aromatic carbocycles. The van der Waals surface area contributed by atoms with E-state index in [1.807, 2.05) is 0 Å². The molecule has 0 rings (SSSR count). The Kier molecular flexibility index (Phi) is 53.3. The Morgan fingerprint density at radius 3 is 0.857 bits per heavy atom. The van der Waals surface area contributed by atoms with Gasteiger partial charge in [0.2, 0.25) is 0 Å². The van der Waals surface area contributed by atoms with Gasteiger partial charge in [0.15, 0.2) is 6.10 Å². The zero-order valence-corrected chi connectivity index (χ0v) is 42.6. The van der Waals surface area contributed by atoms with Crippen LogP contribution < -0.4 is 0 Å². The fraction of sp³-hybridized carbons (Fsp3) is 0.897. The molecule has 63 heavy (non-hydrogen) atoms. The summed E-state index contributed by atoms with van der Waals surface area (Å²) >= 11 is 0. The van der Waals surface area contributed by atoms with Crippen LogP contribution in [0.2, 0.25) is 0 Å². The van der Waals surface area contributed by atoms with E-state index in [9.17, 15) is 14.7 Å². The Bertz CT molecular complexity index is 959. The SMILES string of the molecule is CCCCCCCCC/C=C\CCCCCCCC(=O)OCC(CO)OC(=O)CCCCCCCCCCCCCCCCCCCCCCC/C=C\CCCCCCCCCC. The summed E-state index contributed by atoms with van der Waals surface area (Å²) in [5.74, 6) is -0.583. The molecule has 5 heteroatoms. The summed E-state index contributed by atoms with van der Waals surface area (Å²) in [6.45, 7) is 4.17. The summed E-state index contributed by atoms with van der Waals surface area (Å²) in [6, 6.07) is 0. The second-order valence-electron chi connectivity index (χ2n) is 19.4. The van der Waals surface area contributed by atoms with Gasteiger partial charge in [0.05, 0.1) is 6.61 Å². The lowest BCUT2D eigenvalue weighted by molar-refractivity contribution is -0.161. The summed E-state index contributed by atoms with van der Waals surface area (Å²) in [4.78, 5) is 24.5. The molecule has 0 saturated heterocycles. The van der Waals surface area contributed by atoms with E-state index < -0.39 is 6.10 Å². The quantitative estimate of drug-likeness (QED) is 0.0374. The van der Waals surface area contributed by atoms with Crippen molar-refractivity contribution in [3.63, 3.8) is 0 Å². The number of hydrogen-bond donors (Lipinski definition) is 1. The van der Waals surface area contributed by atoms with Gasteiger partial charge >= 0.3 is 11.9 Å². The summed E-state index contributed by atoms with van der Waals surface area (Å²) in [5, 5.41) is 9.63. The maximum atomic E-state index is 12.3. The molecule has 0 amide bonds. The van der Waals surface area contributed by atoms with Crippen molar-refractivity contribution in [3.8, 4) is 0 Å². The second-order valence-corrected chi connectivity index (χ2v) is 19.4. The molecule has 5 nitrogen and oxygen atoms in total. The van der Waals surface area contributed by atoms with Crippen molar-refractivity contribution in [1.29, 1.82) is 0 Å². The zero-order valence-electron chi connectivity index (χ0n) is 42.6. The molecule has 0 bridgehead atoms. The number of aliphatic hydroxyl groups is 1. The number of unbranched alkanes of at least 4 members (excludes halogenated alkanes) is 41. The van der Waals surface area contributed by atoms with Crippen LogP contribution >= 0.6 is 0 Å². The van der Waals surface area contributed by atoms with E-state index in [0.717, 1.165) is 44.9 Å². The van der Waals surface area contributed by atoms with Crippen LogP contribution in [0, 0.1) is 0 Å². The number of ether oxygens (including phenoxy) is 2. The molecule has 1 unspecified atom stereocenters. The normalized spacial score (nSPS) is 12.2. The Labute approximate surface area is 394 Å². The Hall–Kier alpha value is -1.62. The van der Waals surface area contributed by atoms with Crippen LogP contribution in [0.1, 0.15) is 316 Å². The first-order valence-electron chi connectivity index (χ1n) is 28.4. The Morgan fingerprint density at radius 2 is 0.587 bits per heavy atom. The average molecular weight is 888 g/mol. The zero-order chi connectivity index (χ0) is 45.6. The third-order valence-electron chi connectivity index (χ3n) is 13.0. The van der Waals surface area contributed by atoms with Gasteiger partial charge in [-0.3, -0.25) is 9.59 Å².